The Morgan fingerprint density at radius 2 is 1.31 bits per heavy atom. The summed E-state index contributed by atoms with van der Waals surface area (Å²) in [6.07, 6.45) is 1.54. The molecule has 1 atom stereocenters. The minimum atomic E-state index is -0.533. The van der Waals surface area contributed by atoms with Gasteiger partial charge in [-0.1, -0.05) is 54.6 Å². The Labute approximate surface area is 284 Å². The van der Waals surface area contributed by atoms with Crippen LogP contribution in [0.3, 0.4) is 0 Å². The summed E-state index contributed by atoms with van der Waals surface area (Å²) in [7, 11) is 3.07. The average Bonchev–Trinajstić information content (AvgIpc) is 3.13. The second kappa shape index (κ2) is 16.2. The summed E-state index contributed by atoms with van der Waals surface area (Å²) in [5.41, 5.74) is 3.03. The van der Waals surface area contributed by atoms with Crippen LogP contribution in [0.4, 0.5) is 17.1 Å². The zero-order valence-electron chi connectivity index (χ0n) is 26.8. The van der Waals surface area contributed by atoms with Crippen LogP contribution < -0.4 is 25.0 Å². The van der Waals surface area contributed by atoms with E-state index >= 15 is 0 Å². The molecule has 8 nitrogen and oxygen atoms in total. The number of nitrogens with zero attached hydrogens (tertiary/aromatic N) is 1. The van der Waals surface area contributed by atoms with E-state index in [0.29, 0.717) is 28.3 Å². The molecule has 3 amide bonds. The lowest BCUT2D eigenvalue weighted by Gasteiger charge is -2.26. The number of ether oxygens (including phenoxy) is 2. The maximum atomic E-state index is 13.8. The molecule has 5 aromatic carbocycles. The summed E-state index contributed by atoms with van der Waals surface area (Å²) < 4.78 is 10.8. The van der Waals surface area contributed by atoms with Crippen molar-refractivity contribution in [1.82, 2.24) is 5.32 Å². The van der Waals surface area contributed by atoms with Crippen molar-refractivity contribution < 1.29 is 23.9 Å². The molecule has 0 aliphatic rings. The maximum Gasteiger partial charge on any atom is 0.272 e. The fourth-order valence-corrected chi connectivity index (χ4v) is 5.77. The van der Waals surface area contributed by atoms with E-state index in [1.165, 1.54) is 18.9 Å². The van der Waals surface area contributed by atoms with E-state index in [9.17, 15) is 14.4 Å². The van der Waals surface area contributed by atoms with Crippen molar-refractivity contribution in [2.75, 3.05) is 24.4 Å². The highest BCUT2D eigenvalue weighted by atomic mass is 32.2. The highest BCUT2D eigenvalue weighted by molar-refractivity contribution is 8.00. The van der Waals surface area contributed by atoms with Crippen LogP contribution >= 0.6 is 11.8 Å². The van der Waals surface area contributed by atoms with Gasteiger partial charge in [-0.25, -0.2) is 0 Å². The molecule has 9 heteroatoms. The third-order valence-electron chi connectivity index (χ3n) is 7.29. The third kappa shape index (κ3) is 8.51. The highest BCUT2D eigenvalue weighted by Crippen LogP contribution is 2.32. The molecule has 1 unspecified atom stereocenters. The van der Waals surface area contributed by atoms with Gasteiger partial charge in [0.2, 0.25) is 5.91 Å². The molecule has 0 radical (unpaired) electrons. The van der Waals surface area contributed by atoms with Gasteiger partial charge in [0.1, 0.15) is 17.2 Å². The van der Waals surface area contributed by atoms with E-state index in [2.05, 4.69) is 10.6 Å². The van der Waals surface area contributed by atoms with Crippen LogP contribution in [-0.4, -0.2) is 37.2 Å². The van der Waals surface area contributed by atoms with Gasteiger partial charge < -0.3 is 20.1 Å². The van der Waals surface area contributed by atoms with E-state index in [1.54, 1.807) is 72.7 Å². The van der Waals surface area contributed by atoms with E-state index < -0.39 is 17.1 Å². The Balaban J connectivity index is 1.33. The second-order valence-corrected chi connectivity index (χ2v) is 12.0. The van der Waals surface area contributed by atoms with Gasteiger partial charge in [0.15, 0.2) is 0 Å². The predicted octanol–water partition coefficient (Wildman–Crippen LogP) is 7.96. The first-order valence-corrected chi connectivity index (χ1v) is 16.1. The Bertz CT molecular complexity index is 1840. The molecular formula is C39H35N3O5S. The lowest BCUT2D eigenvalue weighted by atomic mass is 10.1. The summed E-state index contributed by atoms with van der Waals surface area (Å²) in [6, 6.07) is 40.1. The molecule has 0 saturated heterocycles. The molecule has 5 rings (SSSR count). The van der Waals surface area contributed by atoms with Crippen molar-refractivity contribution in [3.8, 4) is 11.5 Å². The van der Waals surface area contributed by atoms with Crippen LogP contribution in [0.2, 0.25) is 0 Å². The molecule has 2 N–H and O–H groups in total. The van der Waals surface area contributed by atoms with Gasteiger partial charge in [0.25, 0.3) is 11.8 Å². The molecule has 0 aromatic heterocycles. The van der Waals surface area contributed by atoms with Gasteiger partial charge in [-0.05, 0) is 91.9 Å². The number of benzene rings is 5. The number of methoxy groups -OCH3 is 2. The van der Waals surface area contributed by atoms with E-state index in [4.69, 9.17) is 9.47 Å². The Hall–Kier alpha value is -5.80. The van der Waals surface area contributed by atoms with Crippen LogP contribution in [0.25, 0.3) is 6.08 Å². The summed E-state index contributed by atoms with van der Waals surface area (Å²) in [6.45, 7) is 1.88. The molecule has 0 fully saturated rings. The van der Waals surface area contributed by atoms with E-state index in [1.807, 2.05) is 85.8 Å². The molecule has 0 saturated carbocycles. The lowest BCUT2D eigenvalue weighted by Crippen LogP contribution is -2.32. The monoisotopic (exact) mass is 657 g/mol. The largest absolute Gasteiger partial charge is 0.497 e. The number of nitrogens with one attached hydrogen (secondary N) is 2. The van der Waals surface area contributed by atoms with Crippen molar-refractivity contribution in [1.29, 1.82) is 0 Å². The van der Waals surface area contributed by atoms with Crippen LogP contribution in [0.1, 0.15) is 22.8 Å². The lowest BCUT2D eigenvalue weighted by molar-refractivity contribution is -0.117. The van der Waals surface area contributed by atoms with Crippen molar-refractivity contribution in [3.05, 3.63) is 150 Å². The highest BCUT2D eigenvalue weighted by Gasteiger charge is 2.24. The Morgan fingerprint density at radius 3 is 1.88 bits per heavy atom. The third-order valence-corrected chi connectivity index (χ3v) is 8.39. The molecule has 48 heavy (non-hydrogen) atoms. The second-order valence-electron chi connectivity index (χ2n) is 10.6. The normalized spacial score (nSPS) is 11.6. The first-order valence-electron chi connectivity index (χ1n) is 15.2. The first-order chi connectivity index (χ1) is 23.4. The number of carbonyl (C=O) groups excluding carboxylic acids is 3. The Morgan fingerprint density at radius 1 is 0.729 bits per heavy atom. The van der Waals surface area contributed by atoms with Crippen molar-refractivity contribution in [2.45, 2.75) is 17.1 Å². The number of para-hydroxylation sites is 2. The molecular weight excluding hydrogens is 623 g/mol. The number of rotatable bonds is 12. The smallest absolute Gasteiger partial charge is 0.272 e. The Kier molecular flexibility index (Phi) is 11.3. The number of anilines is 3. The molecule has 5 aromatic rings. The van der Waals surface area contributed by atoms with Crippen LogP contribution in [0.15, 0.2) is 144 Å². The summed E-state index contributed by atoms with van der Waals surface area (Å²) in [5, 5.41) is 5.21. The van der Waals surface area contributed by atoms with Gasteiger partial charge in [-0.2, -0.15) is 0 Å². The zero-order chi connectivity index (χ0) is 33.9. The van der Waals surface area contributed by atoms with Crippen LogP contribution in [-0.2, 0) is 9.59 Å². The van der Waals surface area contributed by atoms with Gasteiger partial charge in [-0.3, -0.25) is 19.3 Å². The van der Waals surface area contributed by atoms with Gasteiger partial charge in [0.05, 0.1) is 19.5 Å². The number of carbonyl (C=O) groups is 3. The summed E-state index contributed by atoms with van der Waals surface area (Å²) >= 11 is 1.42. The molecule has 242 valence electrons. The number of hydrogen-bond donors (Lipinski definition) is 2. The van der Waals surface area contributed by atoms with Crippen molar-refractivity contribution in [3.63, 3.8) is 0 Å². The molecule has 0 bridgehead atoms. The minimum absolute atomic E-state index is 0.00925. The van der Waals surface area contributed by atoms with Crippen molar-refractivity contribution in [2.24, 2.45) is 0 Å². The SMILES string of the molecule is COc1ccc(OC)c(/C=C(\NC(=O)c2ccccc2)C(=O)Nc2ccc(SC(C)C(=O)N(c3ccccc3)c3ccccc3)cc2)c1. The fourth-order valence-electron chi connectivity index (χ4n) is 4.86. The maximum absolute atomic E-state index is 13.8. The predicted molar refractivity (Wildman–Crippen MR) is 192 cm³/mol. The fraction of sp³-hybridized carbons (Fsp3) is 0.103. The molecule has 0 spiro atoms. The topological polar surface area (TPSA) is 97.0 Å². The minimum Gasteiger partial charge on any atom is -0.497 e. The molecule has 0 heterocycles. The number of hydrogen-bond acceptors (Lipinski definition) is 6. The van der Waals surface area contributed by atoms with Gasteiger partial charge in [-0.15, -0.1) is 11.8 Å². The van der Waals surface area contributed by atoms with Gasteiger partial charge >= 0.3 is 0 Å². The zero-order valence-corrected chi connectivity index (χ0v) is 27.6. The van der Waals surface area contributed by atoms with E-state index in [-0.39, 0.29) is 11.6 Å². The number of thioether (sulfide) groups is 1. The first kappa shape index (κ1) is 33.6. The number of amides is 3. The summed E-state index contributed by atoms with van der Waals surface area (Å²) in [5.74, 6) is 0.0244. The van der Waals surface area contributed by atoms with Crippen LogP contribution in [0, 0.1) is 0 Å². The molecule has 0 aliphatic carbocycles. The average molecular weight is 658 g/mol. The van der Waals surface area contributed by atoms with Gasteiger partial charge in [0, 0.05) is 33.1 Å². The molecule has 0 aliphatic heterocycles. The van der Waals surface area contributed by atoms with Crippen molar-refractivity contribution >= 4 is 52.6 Å². The van der Waals surface area contributed by atoms with E-state index in [0.717, 1.165) is 16.3 Å². The van der Waals surface area contributed by atoms with Crippen LogP contribution in [0.5, 0.6) is 11.5 Å². The quantitative estimate of drug-likeness (QED) is 0.104. The standard InChI is InChI=1S/C39H35N3O5S/c1-27(39(45)42(31-15-9-5-10-16-31)32-17-11-6-12-18-32)48-34-22-19-30(20-23-34)40-38(44)35(41-37(43)28-13-7-4-8-14-28)26-29-25-33(46-2)21-24-36(29)47-3/h4-27H,1-3H3,(H,40,44)(H,41,43)/b35-26-. The summed E-state index contributed by atoms with van der Waals surface area (Å²) in [4.78, 5) is 43.0.